The van der Waals surface area contributed by atoms with Gasteiger partial charge in [0, 0.05) is 12.1 Å². The van der Waals surface area contributed by atoms with Crippen molar-refractivity contribution in [2.24, 2.45) is 0 Å². The fourth-order valence-electron chi connectivity index (χ4n) is 3.33. The van der Waals surface area contributed by atoms with E-state index in [9.17, 15) is 13.6 Å². The number of alkyl halides is 2. The molecule has 1 atom stereocenters. The van der Waals surface area contributed by atoms with Gasteiger partial charge >= 0.3 is 6.09 Å². The second kappa shape index (κ2) is 8.17. The summed E-state index contributed by atoms with van der Waals surface area (Å²) in [5.41, 5.74) is 1.32. The summed E-state index contributed by atoms with van der Waals surface area (Å²) >= 11 is 0. The minimum absolute atomic E-state index is 0.180. The van der Waals surface area contributed by atoms with Crippen LogP contribution in [0.1, 0.15) is 43.5 Å². The van der Waals surface area contributed by atoms with Crippen LogP contribution < -0.4 is 4.74 Å². The van der Waals surface area contributed by atoms with Crippen molar-refractivity contribution in [2.75, 3.05) is 6.54 Å². The zero-order chi connectivity index (χ0) is 20.3. The lowest BCUT2D eigenvalue weighted by Crippen LogP contribution is -2.45. The molecule has 3 rings (SSSR count). The number of hydrogen-bond donors (Lipinski definition) is 0. The van der Waals surface area contributed by atoms with Crippen LogP contribution in [0.3, 0.4) is 0 Å². The molecule has 1 unspecified atom stereocenters. The van der Waals surface area contributed by atoms with Gasteiger partial charge in [0.1, 0.15) is 24.0 Å². The van der Waals surface area contributed by atoms with E-state index in [0.29, 0.717) is 17.7 Å². The van der Waals surface area contributed by atoms with Crippen molar-refractivity contribution in [1.82, 2.24) is 4.90 Å². The van der Waals surface area contributed by atoms with Gasteiger partial charge in [-0.3, -0.25) is 4.90 Å². The van der Waals surface area contributed by atoms with Crippen molar-refractivity contribution in [3.8, 4) is 5.75 Å². The first-order valence-corrected chi connectivity index (χ1v) is 9.32. The maximum absolute atomic E-state index is 14.1. The monoisotopic (exact) mass is 389 g/mol. The number of fused-ring (bicyclic) bond motifs is 1. The van der Waals surface area contributed by atoms with Crippen LogP contribution in [0.2, 0.25) is 0 Å². The second-order valence-electron chi connectivity index (χ2n) is 7.81. The van der Waals surface area contributed by atoms with Crippen molar-refractivity contribution >= 4 is 6.09 Å². The zero-order valence-electron chi connectivity index (χ0n) is 16.3. The smallest absolute Gasteiger partial charge is 0.411 e. The van der Waals surface area contributed by atoms with Crippen LogP contribution in [-0.2, 0) is 17.8 Å². The molecule has 0 radical (unpaired) electrons. The van der Waals surface area contributed by atoms with Crippen LogP contribution in [0.4, 0.5) is 13.6 Å². The molecule has 28 heavy (non-hydrogen) atoms. The molecular weight excluding hydrogens is 364 g/mol. The lowest BCUT2D eigenvalue weighted by molar-refractivity contribution is -0.0196. The van der Waals surface area contributed by atoms with Crippen LogP contribution in [0.5, 0.6) is 5.75 Å². The van der Waals surface area contributed by atoms with Crippen LogP contribution >= 0.6 is 0 Å². The summed E-state index contributed by atoms with van der Waals surface area (Å²) < 4.78 is 39.4. The van der Waals surface area contributed by atoms with E-state index in [2.05, 4.69) is 0 Å². The topological polar surface area (TPSA) is 38.8 Å². The van der Waals surface area contributed by atoms with E-state index in [1.807, 2.05) is 36.4 Å². The van der Waals surface area contributed by atoms with Gasteiger partial charge in [0.25, 0.3) is 6.43 Å². The Hall–Kier alpha value is -2.63. The quantitative estimate of drug-likeness (QED) is 0.706. The highest BCUT2D eigenvalue weighted by Gasteiger charge is 2.40. The van der Waals surface area contributed by atoms with Gasteiger partial charge in [-0.15, -0.1) is 0 Å². The summed E-state index contributed by atoms with van der Waals surface area (Å²) in [5, 5.41) is 0. The van der Waals surface area contributed by atoms with Gasteiger partial charge < -0.3 is 9.47 Å². The molecule has 1 amide bonds. The van der Waals surface area contributed by atoms with Crippen LogP contribution in [-0.4, -0.2) is 29.6 Å². The summed E-state index contributed by atoms with van der Waals surface area (Å²) in [6.07, 6.45) is -3.02. The third kappa shape index (κ3) is 4.61. The third-order valence-electron chi connectivity index (χ3n) is 4.51. The molecule has 0 spiro atoms. The molecule has 0 aromatic heterocycles. The second-order valence-corrected chi connectivity index (χ2v) is 7.81. The van der Waals surface area contributed by atoms with E-state index in [-0.39, 0.29) is 13.2 Å². The molecule has 0 aliphatic carbocycles. The first-order chi connectivity index (χ1) is 13.3. The molecule has 4 nitrogen and oxygen atoms in total. The maximum Gasteiger partial charge on any atom is 0.411 e. The van der Waals surface area contributed by atoms with E-state index >= 15 is 0 Å². The maximum atomic E-state index is 14.1. The minimum atomic E-state index is -2.76. The Morgan fingerprint density at radius 3 is 2.50 bits per heavy atom. The van der Waals surface area contributed by atoms with Crippen molar-refractivity contribution in [1.29, 1.82) is 0 Å². The number of hydrogen-bond acceptors (Lipinski definition) is 3. The highest BCUT2D eigenvalue weighted by molar-refractivity contribution is 5.70. The molecule has 1 aliphatic heterocycles. The first-order valence-electron chi connectivity index (χ1n) is 9.32. The fourth-order valence-corrected chi connectivity index (χ4v) is 3.33. The van der Waals surface area contributed by atoms with Gasteiger partial charge in [0.05, 0.1) is 0 Å². The minimum Gasteiger partial charge on any atom is -0.489 e. The van der Waals surface area contributed by atoms with Crippen molar-refractivity contribution < 1.29 is 23.0 Å². The summed E-state index contributed by atoms with van der Waals surface area (Å²) in [5.74, 6) is 0.375. The number of halogens is 2. The first kappa shape index (κ1) is 20.1. The van der Waals surface area contributed by atoms with Gasteiger partial charge in [-0.25, -0.2) is 13.6 Å². The fraction of sp³-hybridized carbons (Fsp3) is 0.409. The van der Waals surface area contributed by atoms with E-state index < -0.39 is 24.2 Å². The molecule has 150 valence electrons. The van der Waals surface area contributed by atoms with E-state index in [4.69, 9.17) is 9.47 Å². The van der Waals surface area contributed by atoms with Crippen molar-refractivity contribution in [2.45, 2.75) is 51.9 Å². The molecule has 2 aromatic carbocycles. The Morgan fingerprint density at radius 1 is 1.14 bits per heavy atom. The molecule has 0 N–H and O–H groups in total. The predicted molar refractivity (Wildman–Crippen MR) is 103 cm³/mol. The molecule has 0 saturated heterocycles. The van der Waals surface area contributed by atoms with Crippen molar-refractivity contribution in [3.05, 3.63) is 65.2 Å². The normalized spacial score (nSPS) is 16.6. The molecule has 0 saturated carbocycles. The highest BCUT2D eigenvalue weighted by atomic mass is 19.3. The van der Waals surface area contributed by atoms with Gasteiger partial charge in [0.15, 0.2) is 0 Å². The number of carbonyl (C=O) groups is 1. The molecule has 1 heterocycles. The summed E-state index contributed by atoms with van der Waals surface area (Å²) in [6.45, 7) is 5.59. The lowest BCUT2D eigenvalue weighted by atomic mass is 9.92. The summed E-state index contributed by atoms with van der Waals surface area (Å²) in [6, 6.07) is 13.4. The SMILES string of the molecule is CC(C)(C)OC(=O)N1CCc2cccc(OCc3ccccc3)c2C1C(F)F. The molecule has 0 bridgehead atoms. The van der Waals surface area contributed by atoms with Crippen LogP contribution in [0.25, 0.3) is 0 Å². The zero-order valence-corrected chi connectivity index (χ0v) is 16.3. The number of rotatable bonds is 4. The van der Waals surface area contributed by atoms with E-state index in [0.717, 1.165) is 16.0 Å². The van der Waals surface area contributed by atoms with Crippen LogP contribution in [0, 0.1) is 0 Å². The number of nitrogens with zero attached hydrogens (tertiary/aromatic N) is 1. The Bertz CT molecular complexity index is 818. The van der Waals surface area contributed by atoms with Gasteiger partial charge in [-0.1, -0.05) is 42.5 Å². The standard InChI is InChI=1S/C22H25F2NO3/c1-22(2,3)28-21(26)25-13-12-16-10-7-11-17(18(16)19(25)20(23)24)27-14-15-8-5-4-6-9-15/h4-11,19-20H,12-14H2,1-3H3. The van der Waals surface area contributed by atoms with Crippen LogP contribution in [0.15, 0.2) is 48.5 Å². The Kier molecular flexibility index (Phi) is 5.87. The largest absolute Gasteiger partial charge is 0.489 e. The molecule has 2 aromatic rings. The number of ether oxygens (including phenoxy) is 2. The molecule has 0 fully saturated rings. The third-order valence-corrected chi connectivity index (χ3v) is 4.51. The Balaban J connectivity index is 1.90. The number of benzene rings is 2. The lowest BCUT2D eigenvalue weighted by Gasteiger charge is -2.38. The van der Waals surface area contributed by atoms with Crippen molar-refractivity contribution in [3.63, 3.8) is 0 Å². The van der Waals surface area contributed by atoms with Gasteiger partial charge in [0.2, 0.25) is 0 Å². The summed E-state index contributed by atoms with van der Waals surface area (Å²) in [4.78, 5) is 13.7. The number of carbonyl (C=O) groups excluding carboxylic acids is 1. The summed E-state index contributed by atoms with van der Waals surface area (Å²) in [7, 11) is 0. The average molecular weight is 389 g/mol. The Labute approximate surface area is 164 Å². The number of amides is 1. The molecule has 6 heteroatoms. The van der Waals surface area contributed by atoms with Gasteiger partial charge in [-0.05, 0) is 44.4 Å². The Morgan fingerprint density at radius 2 is 1.86 bits per heavy atom. The molecule has 1 aliphatic rings. The molecular formula is C22H25F2NO3. The van der Waals surface area contributed by atoms with E-state index in [1.54, 1.807) is 32.9 Å². The van der Waals surface area contributed by atoms with Gasteiger partial charge in [-0.2, -0.15) is 0 Å². The van der Waals surface area contributed by atoms with E-state index in [1.165, 1.54) is 0 Å². The average Bonchev–Trinajstić information content (AvgIpc) is 2.64. The predicted octanol–water partition coefficient (Wildman–Crippen LogP) is 5.37. The highest BCUT2D eigenvalue weighted by Crippen LogP contribution is 2.41.